The molecule has 1 unspecified atom stereocenters. The summed E-state index contributed by atoms with van der Waals surface area (Å²) in [6.45, 7) is 3.26. The number of piperazine rings is 1. The van der Waals surface area contributed by atoms with E-state index in [1.807, 2.05) is 47.4 Å². The molecule has 0 aromatic heterocycles. The lowest BCUT2D eigenvalue weighted by atomic mass is 9.99. The quantitative estimate of drug-likeness (QED) is 0.231. The van der Waals surface area contributed by atoms with Gasteiger partial charge in [-0.15, -0.1) is 24.8 Å². The summed E-state index contributed by atoms with van der Waals surface area (Å²) in [7, 11) is 0. The summed E-state index contributed by atoms with van der Waals surface area (Å²) in [5, 5.41) is 10.8. The maximum atomic E-state index is 12.6. The first-order valence-corrected chi connectivity index (χ1v) is 11.1. The molecular formula is C26H27Cl2N3O5. The minimum atomic E-state index is -0.459. The second kappa shape index (κ2) is 13.6. The largest absolute Gasteiger partial charge is 0.457 e. The number of nitrogens with zero attached hydrogens (tertiary/aromatic N) is 3. The van der Waals surface area contributed by atoms with Crippen LogP contribution in [-0.4, -0.2) is 59.6 Å². The highest BCUT2D eigenvalue weighted by atomic mass is 35.5. The third-order valence-corrected chi connectivity index (χ3v) is 5.89. The number of rotatable bonds is 8. The average Bonchev–Trinajstić information content (AvgIpc) is 2.88. The van der Waals surface area contributed by atoms with E-state index in [0.717, 1.165) is 11.8 Å². The van der Waals surface area contributed by atoms with Crippen molar-refractivity contribution >= 4 is 42.7 Å². The Kier molecular flexibility index (Phi) is 10.9. The van der Waals surface area contributed by atoms with Crippen LogP contribution in [0.15, 0.2) is 78.9 Å². The summed E-state index contributed by atoms with van der Waals surface area (Å²) in [6, 6.07) is 22.4. The Labute approximate surface area is 221 Å². The number of halogens is 2. The number of nitro groups is 1. The van der Waals surface area contributed by atoms with Gasteiger partial charge in [0.2, 0.25) is 0 Å². The van der Waals surface area contributed by atoms with Gasteiger partial charge in [-0.1, -0.05) is 30.3 Å². The summed E-state index contributed by atoms with van der Waals surface area (Å²) >= 11 is 0. The van der Waals surface area contributed by atoms with Crippen molar-refractivity contribution in [3.63, 3.8) is 0 Å². The SMILES string of the molecule is Cl.Cl.O=CC(CN1CCN(C(=O)c2ccccc2)CC1)c1ccc(Oc2ccc([N+](=O)[O-])cc2)cc1. The molecule has 1 aliphatic rings. The lowest BCUT2D eigenvalue weighted by Gasteiger charge is -2.35. The van der Waals surface area contributed by atoms with E-state index in [1.54, 1.807) is 24.3 Å². The van der Waals surface area contributed by atoms with Crippen LogP contribution in [0.3, 0.4) is 0 Å². The zero-order valence-corrected chi connectivity index (χ0v) is 21.0. The number of hydrogen-bond donors (Lipinski definition) is 0. The Morgan fingerprint density at radius 1 is 0.889 bits per heavy atom. The highest BCUT2D eigenvalue weighted by Gasteiger charge is 2.24. The van der Waals surface area contributed by atoms with Crippen molar-refractivity contribution in [3.8, 4) is 11.5 Å². The van der Waals surface area contributed by atoms with E-state index in [2.05, 4.69) is 4.90 Å². The first-order chi connectivity index (χ1) is 16.5. The van der Waals surface area contributed by atoms with Crippen molar-refractivity contribution in [2.75, 3.05) is 32.7 Å². The number of non-ortho nitro benzene ring substituents is 1. The zero-order chi connectivity index (χ0) is 23.9. The molecule has 1 saturated heterocycles. The van der Waals surface area contributed by atoms with Crippen molar-refractivity contribution < 1.29 is 19.2 Å². The van der Waals surface area contributed by atoms with Gasteiger partial charge in [-0.2, -0.15) is 0 Å². The van der Waals surface area contributed by atoms with Crippen LogP contribution >= 0.6 is 24.8 Å². The van der Waals surface area contributed by atoms with Crippen LogP contribution in [0, 0.1) is 10.1 Å². The molecule has 10 heteroatoms. The van der Waals surface area contributed by atoms with Gasteiger partial charge < -0.3 is 14.4 Å². The highest BCUT2D eigenvalue weighted by Crippen LogP contribution is 2.26. The molecule has 1 aliphatic heterocycles. The molecule has 0 bridgehead atoms. The van der Waals surface area contributed by atoms with Gasteiger partial charge in [-0.25, -0.2) is 0 Å². The summed E-state index contributed by atoms with van der Waals surface area (Å²) < 4.78 is 5.74. The van der Waals surface area contributed by atoms with Crippen molar-refractivity contribution in [3.05, 3.63) is 100 Å². The van der Waals surface area contributed by atoms with E-state index in [1.165, 1.54) is 12.1 Å². The summed E-state index contributed by atoms with van der Waals surface area (Å²) in [4.78, 5) is 38.8. The number of nitro benzene ring substituents is 1. The summed E-state index contributed by atoms with van der Waals surface area (Å²) in [6.07, 6.45) is 0.952. The number of amides is 1. The number of benzene rings is 3. The van der Waals surface area contributed by atoms with E-state index in [4.69, 9.17) is 4.74 Å². The number of ether oxygens (including phenoxy) is 1. The highest BCUT2D eigenvalue weighted by molar-refractivity contribution is 5.94. The maximum Gasteiger partial charge on any atom is 0.269 e. The Hall–Kier alpha value is -3.46. The number of aldehydes is 1. The van der Waals surface area contributed by atoms with E-state index in [0.29, 0.717) is 49.8 Å². The first kappa shape index (κ1) is 28.8. The van der Waals surface area contributed by atoms with Gasteiger partial charge in [-0.05, 0) is 42.0 Å². The number of carbonyl (C=O) groups is 2. The lowest BCUT2D eigenvalue weighted by Crippen LogP contribution is -2.49. The molecule has 1 atom stereocenters. The molecule has 4 rings (SSSR count). The van der Waals surface area contributed by atoms with Crippen molar-refractivity contribution in [2.24, 2.45) is 0 Å². The molecule has 0 N–H and O–H groups in total. The van der Waals surface area contributed by atoms with Gasteiger partial charge in [0.15, 0.2) is 0 Å². The average molecular weight is 532 g/mol. The molecule has 0 radical (unpaired) electrons. The lowest BCUT2D eigenvalue weighted by molar-refractivity contribution is -0.384. The molecule has 36 heavy (non-hydrogen) atoms. The predicted octanol–water partition coefficient (Wildman–Crippen LogP) is 4.97. The maximum absolute atomic E-state index is 12.6. The molecule has 3 aromatic carbocycles. The molecule has 0 saturated carbocycles. The van der Waals surface area contributed by atoms with E-state index < -0.39 is 4.92 Å². The van der Waals surface area contributed by atoms with Gasteiger partial charge in [0, 0.05) is 50.4 Å². The number of hydrogen-bond acceptors (Lipinski definition) is 6. The fourth-order valence-corrected chi connectivity index (χ4v) is 3.96. The third kappa shape index (κ3) is 7.27. The molecule has 3 aromatic rings. The van der Waals surface area contributed by atoms with Crippen molar-refractivity contribution in [1.29, 1.82) is 0 Å². The molecular weight excluding hydrogens is 505 g/mol. The van der Waals surface area contributed by atoms with Crippen LogP contribution in [0.4, 0.5) is 5.69 Å². The second-order valence-electron chi connectivity index (χ2n) is 8.12. The topological polar surface area (TPSA) is 93.0 Å². The van der Waals surface area contributed by atoms with E-state index >= 15 is 0 Å². The molecule has 1 heterocycles. The molecule has 1 fully saturated rings. The Morgan fingerprint density at radius 3 is 1.97 bits per heavy atom. The standard InChI is InChI=1S/C26H25N3O5.2ClH/c30-19-22(18-27-14-16-28(17-15-27)26(31)21-4-2-1-3-5-21)20-6-10-24(11-7-20)34-25-12-8-23(9-13-25)29(32)33;;/h1-13,19,22H,14-18H2;2*1H. The Morgan fingerprint density at radius 2 is 1.44 bits per heavy atom. The smallest absolute Gasteiger partial charge is 0.269 e. The molecule has 190 valence electrons. The van der Waals surface area contributed by atoms with Gasteiger partial charge in [-0.3, -0.25) is 19.8 Å². The minimum Gasteiger partial charge on any atom is -0.457 e. The third-order valence-electron chi connectivity index (χ3n) is 5.89. The van der Waals surface area contributed by atoms with Gasteiger partial charge in [0.1, 0.15) is 17.8 Å². The van der Waals surface area contributed by atoms with Crippen LogP contribution < -0.4 is 4.74 Å². The normalized spacial score (nSPS) is 14.1. The van der Waals surface area contributed by atoms with Gasteiger partial charge in [0.25, 0.3) is 11.6 Å². The van der Waals surface area contributed by atoms with Gasteiger partial charge >= 0.3 is 0 Å². The summed E-state index contributed by atoms with van der Waals surface area (Å²) in [5.41, 5.74) is 1.58. The van der Waals surface area contributed by atoms with Crippen LogP contribution in [0.2, 0.25) is 0 Å². The Bertz CT molecular complexity index is 1140. The fourth-order valence-electron chi connectivity index (χ4n) is 3.96. The minimum absolute atomic E-state index is 0. The van der Waals surface area contributed by atoms with Crippen LogP contribution in [-0.2, 0) is 4.79 Å². The zero-order valence-electron chi connectivity index (χ0n) is 19.4. The Balaban J connectivity index is 0.00000228. The monoisotopic (exact) mass is 531 g/mol. The van der Waals surface area contributed by atoms with Crippen LogP contribution in [0.1, 0.15) is 21.8 Å². The van der Waals surface area contributed by atoms with Crippen LogP contribution in [0.5, 0.6) is 11.5 Å². The number of carbonyl (C=O) groups excluding carboxylic acids is 2. The molecule has 8 nitrogen and oxygen atoms in total. The van der Waals surface area contributed by atoms with Gasteiger partial charge in [0.05, 0.1) is 10.8 Å². The van der Waals surface area contributed by atoms with Crippen molar-refractivity contribution in [1.82, 2.24) is 9.80 Å². The van der Waals surface area contributed by atoms with E-state index in [-0.39, 0.29) is 42.3 Å². The molecule has 0 aliphatic carbocycles. The van der Waals surface area contributed by atoms with Crippen molar-refractivity contribution in [2.45, 2.75) is 5.92 Å². The first-order valence-electron chi connectivity index (χ1n) is 11.1. The predicted molar refractivity (Wildman–Crippen MR) is 142 cm³/mol. The molecule has 0 spiro atoms. The fraction of sp³-hybridized carbons (Fsp3) is 0.231. The molecule has 1 amide bonds. The second-order valence-corrected chi connectivity index (χ2v) is 8.12. The summed E-state index contributed by atoms with van der Waals surface area (Å²) in [5.74, 6) is 0.823. The van der Waals surface area contributed by atoms with E-state index in [9.17, 15) is 19.7 Å². The van der Waals surface area contributed by atoms with Crippen LogP contribution in [0.25, 0.3) is 0 Å².